The number of hydrogen-bond donors (Lipinski definition) is 0. The third kappa shape index (κ3) is 1.98. The van der Waals surface area contributed by atoms with E-state index in [0.717, 1.165) is 4.90 Å². The van der Waals surface area contributed by atoms with E-state index in [4.69, 9.17) is 6.57 Å². The van der Waals surface area contributed by atoms with Crippen LogP contribution in [0.2, 0.25) is 0 Å². The fourth-order valence-electron chi connectivity index (χ4n) is 2.33. The first kappa shape index (κ1) is 13.0. The summed E-state index contributed by atoms with van der Waals surface area (Å²) < 4.78 is 14.1. The smallest absolute Gasteiger partial charge is 0.266 e. The van der Waals surface area contributed by atoms with Gasteiger partial charge in [-0.05, 0) is 30.3 Å². The first-order valence-electron chi connectivity index (χ1n) is 6.23. The lowest BCUT2D eigenvalue weighted by molar-refractivity contribution is 0.0925. The van der Waals surface area contributed by atoms with Gasteiger partial charge >= 0.3 is 0 Å². The lowest BCUT2D eigenvalue weighted by Crippen LogP contribution is -2.30. The van der Waals surface area contributed by atoms with E-state index in [1.54, 1.807) is 30.3 Å². The van der Waals surface area contributed by atoms with E-state index in [9.17, 15) is 14.0 Å². The van der Waals surface area contributed by atoms with Gasteiger partial charge in [0.05, 0.1) is 16.8 Å². The van der Waals surface area contributed by atoms with Crippen molar-refractivity contribution < 1.29 is 14.0 Å². The van der Waals surface area contributed by atoms with E-state index in [1.165, 1.54) is 12.1 Å². The molecule has 2 aromatic rings. The molecule has 0 radical (unpaired) electrons. The number of anilines is 1. The molecule has 5 heteroatoms. The highest BCUT2D eigenvalue weighted by Crippen LogP contribution is 2.30. The minimum Gasteiger partial charge on any atom is -0.312 e. The Labute approximate surface area is 120 Å². The first-order chi connectivity index (χ1) is 10.1. The molecule has 21 heavy (non-hydrogen) atoms. The zero-order valence-electron chi connectivity index (χ0n) is 10.8. The van der Waals surface area contributed by atoms with Crippen molar-refractivity contribution >= 4 is 17.5 Å². The molecular weight excluding hydrogens is 271 g/mol. The van der Waals surface area contributed by atoms with Gasteiger partial charge in [0, 0.05) is 5.56 Å². The van der Waals surface area contributed by atoms with Crippen LogP contribution in [-0.2, 0) is 6.54 Å². The number of rotatable bonds is 2. The molecule has 0 N–H and O–H groups in total. The maximum atomic E-state index is 14.1. The predicted molar refractivity (Wildman–Crippen MR) is 74.3 cm³/mol. The Hall–Kier alpha value is -3.00. The Balaban J connectivity index is 2.05. The average Bonchev–Trinajstić information content (AvgIpc) is 2.73. The van der Waals surface area contributed by atoms with Crippen molar-refractivity contribution in [2.45, 2.75) is 6.54 Å². The average molecular weight is 280 g/mol. The van der Waals surface area contributed by atoms with Crippen LogP contribution in [0.5, 0.6) is 0 Å². The molecule has 0 bridgehead atoms. The minimum absolute atomic E-state index is 0.0549. The molecule has 0 aliphatic carbocycles. The van der Waals surface area contributed by atoms with E-state index in [1.807, 2.05) is 0 Å². The van der Waals surface area contributed by atoms with Crippen LogP contribution in [0.1, 0.15) is 26.3 Å². The quantitative estimate of drug-likeness (QED) is 0.626. The molecule has 0 fully saturated rings. The number of halogens is 1. The number of amides is 2. The molecule has 2 aromatic carbocycles. The topological polar surface area (TPSA) is 41.7 Å². The highest BCUT2D eigenvalue weighted by atomic mass is 19.1. The lowest BCUT2D eigenvalue weighted by Gasteiger charge is -2.14. The highest BCUT2D eigenvalue weighted by Gasteiger charge is 2.37. The molecule has 0 unspecified atom stereocenters. The molecule has 1 heterocycles. The number of imide groups is 1. The number of carbonyl (C=O) groups excluding carboxylic acids is 2. The van der Waals surface area contributed by atoms with E-state index < -0.39 is 17.6 Å². The molecule has 0 spiro atoms. The van der Waals surface area contributed by atoms with Crippen LogP contribution in [0.3, 0.4) is 0 Å². The summed E-state index contributed by atoms with van der Waals surface area (Å²) >= 11 is 0. The van der Waals surface area contributed by atoms with Gasteiger partial charge in [0.15, 0.2) is 0 Å². The van der Waals surface area contributed by atoms with E-state index in [0.29, 0.717) is 5.56 Å². The van der Waals surface area contributed by atoms with Crippen LogP contribution >= 0.6 is 0 Å². The second-order valence-corrected chi connectivity index (χ2v) is 4.59. The maximum Gasteiger partial charge on any atom is 0.266 e. The maximum absolute atomic E-state index is 14.1. The van der Waals surface area contributed by atoms with Gasteiger partial charge in [0.2, 0.25) is 6.54 Å². The summed E-state index contributed by atoms with van der Waals surface area (Å²) in [6, 6.07) is 10.5. The number of benzene rings is 2. The zero-order chi connectivity index (χ0) is 15.0. The van der Waals surface area contributed by atoms with Crippen molar-refractivity contribution in [2.24, 2.45) is 0 Å². The molecule has 0 saturated heterocycles. The Kier molecular flexibility index (Phi) is 2.99. The third-order valence-corrected chi connectivity index (χ3v) is 3.31. The Morgan fingerprint density at radius 3 is 2.19 bits per heavy atom. The van der Waals surface area contributed by atoms with Gasteiger partial charge in [-0.15, -0.1) is 0 Å². The summed E-state index contributed by atoms with van der Waals surface area (Å²) in [6.07, 6.45) is 0. The summed E-state index contributed by atoms with van der Waals surface area (Å²) in [6.45, 7) is 6.82. The first-order valence-corrected chi connectivity index (χ1v) is 6.23. The molecule has 1 aliphatic rings. The number of nitrogens with zero attached hydrogens (tertiary/aromatic N) is 2. The van der Waals surface area contributed by atoms with Crippen LogP contribution in [0.4, 0.5) is 10.1 Å². The monoisotopic (exact) mass is 280 g/mol. The number of hydrogen-bond acceptors (Lipinski definition) is 2. The molecule has 0 saturated carbocycles. The fourth-order valence-corrected chi connectivity index (χ4v) is 2.33. The van der Waals surface area contributed by atoms with Crippen molar-refractivity contribution in [3.05, 3.63) is 76.4 Å². The van der Waals surface area contributed by atoms with Crippen LogP contribution in [0.25, 0.3) is 4.85 Å². The molecule has 0 aromatic heterocycles. The Bertz CT molecular complexity index is 773. The zero-order valence-corrected chi connectivity index (χ0v) is 10.8. The summed E-state index contributed by atoms with van der Waals surface area (Å²) in [4.78, 5) is 28.5. The predicted octanol–water partition coefficient (Wildman–Crippen LogP) is 3.05. The van der Waals surface area contributed by atoms with Gasteiger partial charge in [-0.25, -0.2) is 15.9 Å². The van der Waals surface area contributed by atoms with Gasteiger partial charge in [-0.2, -0.15) is 0 Å². The second-order valence-electron chi connectivity index (χ2n) is 4.59. The van der Waals surface area contributed by atoms with Gasteiger partial charge in [0.25, 0.3) is 11.8 Å². The number of fused-ring (bicyclic) bond motifs is 1. The number of carbonyl (C=O) groups is 2. The highest BCUT2D eigenvalue weighted by molar-refractivity contribution is 6.34. The van der Waals surface area contributed by atoms with Crippen LogP contribution in [0.15, 0.2) is 42.5 Å². The van der Waals surface area contributed by atoms with Crippen molar-refractivity contribution in [3.8, 4) is 0 Å². The Morgan fingerprint density at radius 1 is 1.05 bits per heavy atom. The minimum atomic E-state index is -0.689. The normalized spacial score (nSPS) is 13.2. The standard InChI is InChI=1S/C16H9FN2O2/c1-18-9-10-6-7-14(13(17)8-10)19-15(20)11-4-2-3-5-12(11)16(19)21/h2-8H,9H2. The molecule has 0 atom stereocenters. The molecular formula is C16H9FN2O2. The molecule has 2 amide bonds. The van der Waals surface area contributed by atoms with Crippen molar-refractivity contribution in [1.82, 2.24) is 0 Å². The van der Waals surface area contributed by atoms with Gasteiger partial charge in [-0.3, -0.25) is 9.59 Å². The van der Waals surface area contributed by atoms with E-state index >= 15 is 0 Å². The summed E-state index contributed by atoms with van der Waals surface area (Å²) in [5, 5.41) is 0. The van der Waals surface area contributed by atoms with Gasteiger partial charge in [-0.1, -0.05) is 12.1 Å². The van der Waals surface area contributed by atoms with Crippen LogP contribution < -0.4 is 4.90 Å². The van der Waals surface area contributed by atoms with Crippen molar-refractivity contribution in [2.75, 3.05) is 4.90 Å². The summed E-state index contributed by atoms with van der Waals surface area (Å²) in [5.74, 6) is -1.76. The SMILES string of the molecule is [C-]#[N+]Cc1ccc(N2C(=O)c3ccccc3C2=O)c(F)c1. The lowest BCUT2D eigenvalue weighted by atomic mass is 10.1. The summed E-state index contributed by atoms with van der Waals surface area (Å²) in [5.41, 5.74) is 0.956. The fraction of sp³-hybridized carbons (Fsp3) is 0.0625. The second kappa shape index (κ2) is 4.84. The van der Waals surface area contributed by atoms with Crippen LogP contribution in [-0.4, -0.2) is 11.8 Å². The third-order valence-electron chi connectivity index (χ3n) is 3.31. The van der Waals surface area contributed by atoms with Gasteiger partial charge < -0.3 is 4.85 Å². The molecule has 1 aliphatic heterocycles. The van der Waals surface area contributed by atoms with E-state index in [2.05, 4.69) is 4.85 Å². The summed E-state index contributed by atoms with van der Waals surface area (Å²) in [7, 11) is 0. The molecule has 102 valence electrons. The van der Waals surface area contributed by atoms with E-state index in [-0.39, 0.29) is 23.4 Å². The van der Waals surface area contributed by atoms with Crippen molar-refractivity contribution in [1.29, 1.82) is 0 Å². The Morgan fingerprint density at radius 2 is 1.67 bits per heavy atom. The van der Waals surface area contributed by atoms with Gasteiger partial charge in [0.1, 0.15) is 5.82 Å². The largest absolute Gasteiger partial charge is 0.312 e. The van der Waals surface area contributed by atoms with Crippen molar-refractivity contribution in [3.63, 3.8) is 0 Å². The molecule has 3 rings (SSSR count). The molecule has 4 nitrogen and oxygen atoms in total. The van der Waals surface area contributed by atoms with Crippen LogP contribution in [0, 0.1) is 12.4 Å².